The highest BCUT2D eigenvalue weighted by molar-refractivity contribution is 5.96. The number of nitrogens with one attached hydrogen (secondary N) is 1. The van der Waals surface area contributed by atoms with Crippen molar-refractivity contribution in [3.8, 4) is 11.5 Å². The van der Waals surface area contributed by atoms with E-state index < -0.39 is 0 Å². The van der Waals surface area contributed by atoms with Gasteiger partial charge in [0.15, 0.2) is 0 Å². The van der Waals surface area contributed by atoms with Crippen LogP contribution < -0.4 is 14.8 Å². The Bertz CT molecular complexity index is 695. The standard InChI is InChI=1S/C20H25NO3/c1-14(2)24-18-8-6-5-7-17(18)20(22)21-11-12-23-19-13-15(3)9-10-16(19)4/h5-10,13-14H,11-12H2,1-4H3,(H,21,22). The number of hydrogen-bond donors (Lipinski definition) is 1. The van der Waals surface area contributed by atoms with Crippen molar-refractivity contribution >= 4 is 5.91 Å². The third-order valence-corrected chi connectivity index (χ3v) is 3.48. The summed E-state index contributed by atoms with van der Waals surface area (Å²) in [5.41, 5.74) is 2.78. The monoisotopic (exact) mass is 327 g/mol. The minimum absolute atomic E-state index is 0.0200. The zero-order valence-electron chi connectivity index (χ0n) is 14.8. The number of hydrogen-bond acceptors (Lipinski definition) is 3. The Kier molecular flexibility index (Phi) is 6.24. The van der Waals surface area contributed by atoms with E-state index in [1.807, 2.05) is 58.0 Å². The molecule has 2 aromatic rings. The molecule has 1 amide bonds. The lowest BCUT2D eigenvalue weighted by atomic mass is 10.1. The van der Waals surface area contributed by atoms with Gasteiger partial charge in [-0.05, 0) is 57.0 Å². The summed E-state index contributed by atoms with van der Waals surface area (Å²) in [7, 11) is 0. The molecule has 0 saturated carbocycles. The maximum Gasteiger partial charge on any atom is 0.255 e. The zero-order valence-corrected chi connectivity index (χ0v) is 14.8. The number of rotatable bonds is 7. The van der Waals surface area contributed by atoms with Gasteiger partial charge in [-0.15, -0.1) is 0 Å². The summed E-state index contributed by atoms with van der Waals surface area (Å²) >= 11 is 0. The Balaban J connectivity index is 1.89. The Morgan fingerprint density at radius 3 is 2.58 bits per heavy atom. The maximum atomic E-state index is 12.3. The van der Waals surface area contributed by atoms with Gasteiger partial charge in [0.25, 0.3) is 5.91 Å². The summed E-state index contributed by atoms with van der Waals surface area (Å²) in [6.45, 7) is 8.76. The molecule has 0 aromatic heterocycles. The highest BCUT2D eigenvalue weighted by Crippen LogP contribution is 2.20. The van der Waals surface area contributed by atoms with Crippen molar-refractivity contribution in [1.82, 2.24) is 5.32 Å². The van der Waals surface area contributed by atoms with Gasteiger partial charge in [-0.25, -0.2) is 0 Å². The average Bonchev–Trinajstić information content (AvgIpc) is 2.54. The van der Waals surface area contributed by atoms with Crippen molar-refractivity contribution in [2.45, 2.75) is 33.8 Å². The lowest BCUT2D eigenvalue weighted by molar-refractivity contribution is 0.0941. The van der Waals surface area contributed by atoms with Crippen molar-refractivity contribution in [3.05, 3.63) is 59.2 Å². The predicted octanol–water partition coefficient (Wildman–Crippen LogP) is 3.90. The Morgan fingerprint density at radius 1 is 1.08 bits per heavy atom. The lowest BCUT2D eigenvalue weighted by Crippen LogP contribution is -2.28. The normalized spacial score (nSPS) is 10.5. The molecule has 0 fully saturated rings. The quantitative estimate of drug-likeness (QED) is 0.785. The first-order valence-electron chi connectivity index (χ1n) is 8.21. The zero-order chi connectivity index (χ0) is 17.5. The van der Waals surface area contributed by atoms with Crippen LogP contribution in [-0.2, 0) is 0 Å². The second-order valence-corrected chi connectivity index (χ2v) is 6.04. The van der Waals surface area contributed by atoms with Crippen LogP contribution in [0.4, 0.5) is 0 Å². The maximum absolute atomic E-state index is 12.3. The Hall–Kier alpha value is -2.49. The molecule has 2 aromatic carbocycles. The first-order valence-corrected chi connectivity index (χ1v) is 8.21. The number of carbonyl (C=O) groups is 1. The van der Waals surface area contributed by atoms with Crippen LogP contribution >= 0.6 is 0 Å². The van der Waals surface area contributed by atoms with Gasteiger partial charge in [-0.1, -0.05) is 24.3 Å². The third kappa shape index (κ3) is 5.01. The minimum atomic E-state index is -0.157. The molecule has 0 aliphatic heterocycles. The van der Waals surface area contributed by atoms with Crippen LogP contribution in [0.5, 0.6) is 11.5 Å². The van der Waals surface area contributed by atoms with Crippen molar-refractivity contribution in [2.75, 3.05) is 13.2 Å². The number of para-hydroxylation sites is 1. The molecule has 24 heavy (non-hydrogen) atoms. The van der Waals surface area contributed by atoms with Crippen LogP contribution in [0.1, 0.15) is 35.3 Å². The molecule has 0 spiro atoms. The fraction of sp³-hybridized carbons (Fsp3) is 0.350. The number of carbonyl (C=O) groups excluding carboxylic acids is 1. The molecule has 0 atom stereocenters. The summed E-state index contributed by atoms with van der Waals surface area (Å²) < 4.78 is 11.4. The van der Waals surface area contributed by atoms with E-state index in [1.165, 1.54) is 0 Å². The molecular formula is C20H25NO3. The smallest absolute Gasteiger partial charge is 0.255 e. The SMILES string of the molecule is Cc1ccc(C)c(OCCNC(=O)c2ccccc2OC(C)C)c1. The second kappa shape index (κ2) is 8.39. The van der Waals surface area contributed by atoms with E-state index in [-0.39, 0.29) is 12.0 Å². The van der Waals surface area contributed by atoms with Gasteiger partial charge in [0.1, 0.15) is 18.1 Å². The van der Waals surface area contributed by atoms with Crippen molar-refractivity contribution < 1.29 is 14.3 Å². The van der Waals surface area contributed by atoms with Gasteiger partial charge >= 0.3 is 0 Å². The molecule has 1 N–H and O–H groups in total. The van der Waals surface area contributed by atoms with Crippen molar-refractivity contribution in [3.63, 3.8) is 0 Å². The number of aryl methyl sites for hydroxylation is 2. The van der Waals surface area contributed by atoms with Crippen LogP contribution in [0.2, 0.25) is 0 Å². The van der Waals surface area contributed by atoms with Gasteiger partial charge in [-0.2, -0.15) is 0 Å². The summed E-state index contributed by atoms with van der Waals surface area (Å²) in [6, 6.07) is 13.3. The van der Waals surface area contributed by atoms with Gasteiger partial charge in [0, 0.05) is 0 Å². The predicted molar refractivity (Wildman–Crippen MR) is 96.0 cm³/mol. The molecular weight excluding hydrogens is 302 g/mol. The minimum Gasteiger partial charge on any atom is -0.491 e. The summed E-state index contributed by atoms with van der Waals surface area (Å²) in [4.78, 5) is 12.3. The summed E-state index contributed by atoms with van der Waals surface area (Å²) in [6.07, 6.45) is 0.0200. The van der Waals surface area contributed by atoms with Gasteiger partial charge < -0.3 is 14.8 Å². The van der Waals surface area contributed by atoms with Crippen molar-refractivity contribution in [1.29, 1.82) is 0 Å². The van der Waals surface area contributed by atoms with Gasteiger partial charge in [0.2, 0.25) is 0 Å². The molecule has 0 radical (unpaired) electrons. The largest absolute Gasteiger partial charge is 0.491 e. The summed E-state index contributed by atoms with van der Waals surface area (Å²) in [5, 5.41) is 2.87. The van der Waals surface area contributed by atoms with Gasteiger partial charge in [-0.3, -0.25) is 4.79 Å². The molecule has 0 heterocycles. The van der Waals surface area contributed by atoms with Crippen LogP contribution in [-0.4, -0.2) is 25.2 Å². The molecule has 0 aliphatic carbocycles. The summed E-state index contributed by atoms with van der Waals surface area (Å²) in [5.74, 6) is 1.30. The average molecular weight is 327 g/mol. The first-order chi connectivity index (χ1) is 11.5. The van der Waals surface area contributed by atoms with Crippen LogP contribution in [0, 0.1) is 13.8 Å². The number of ether oxygens (including phenoxy) is 2. The van der Waals surface area contributed by atoms with E-state index in [1.54, 1.807) is 6.07 Å². The molecule has 0 aliphatic rings. The Morgan fingerprint density at radius 2 is 1.83 bits per heavy atom. The molecule has 4 heteroatoms. The number of benzene rings is 2. The molecule has 2 rings (SSSR count). The molecule has 0 unspecified atom stereocenters. The Labute approximate surface area is 143 Å². The fourth-order valence-electron chi connectivity index (χ4n) is 2.29. The van der Waals surface area contributed by atoms with E-state index in [2.05, 4.69) is 11.4 Å². The van der Waals surface area contributed by atoms with E-state index in [0.29, 0.717) is 24.5 Å². The van der Waals surface area contributed by atoms with E-state index in [4.69, 9.17) is 9.47 Å². The first kappa shape index (κ1) is 17.9. The van der Waals surface area contributed by atoms with Crippen LogP contribution in [0.25, 0.3) is 0 Å². The topological polar surface area (TPSA) is 47.6 Å². The van der Waals surface area contributed by atoms with Gasteiger partial charge in [0.05, 0.1) is 18.2 Å². The van der Waals surface area contributed by atoms with Crippen LogP contribution in [0.15, 0.2) is 42.5 Å². The van der Waals surface area contributed by atoms with Crippen molar-refractivity contribution in [2.24, 2.45) is 0 Å². The number of amides is 1. The second-order valence-electron chi connectivity index (χ2n) is 6.04. The fourth-order valence-corrected chi connectivity index (χ4v) is 2.29. The molecule has 128 valence electrons. The van der Waals surface area contributed by atoms with E-state index in [0.717, 1.165) is 16.9 Å². The van der Waals surface area contributed by atoms with Crippen LogP contribution in [0.3, 0.4) is 0 Å². The molecule has 0 bridgehead atoms. The molecule has 4 nitrogen and oxygen atoms in total. The lowest BCUT2D eigenvalue weighted by Gasteiger charge is -2.14. The molecule has 0 saturated heterocycles. The van der Waals surface area contributed by atoms with E-state index in [9.17, 15) is 4.79 Å². The third-order valence-electron chi connectivity index (χ3n) is 3.48. The van der Waals surface area contributed by atoms with E-state index >= 15 is 0 Å². The highest BCUT2D eigenvalue weighted by atomic mass is 16.5. The highest BCUT2D eigenvalue weighted by Gasteiger charge is 2.12.